The predicted molar refractivity (Wildman–Crippen MR) is 82.3 cm³/mol. The molecule has 1 atom stereocenters. The second kappa shape index (κ2) is 8.45. The van der Waals surface area contributed by atoms with Gasteiger partial charge < -0.3 is 10.1 Å². The molecule has 1 heterocycles. The van der Waals surface area contributed by atoms with Crippen molar-refractivity contribution in [3.05, 3.63) is 29.6 Å². The third-order valence-corrected chi connectivity index (χ3v) is 3.71. The minimum absolute atomic E-state index is 0. The molecule has 1 aliphatic heterocycles. The van der Waals surface area contributed by atoms with Gasteiger partial charge in [0.05, 0.1) is 7.11 Å². The van der Waals surface area contributed by atoms with Crippen molar-refractivity contribution in [3.8, 4) is 5.75 Å². The lowest BCUT2D eigenvalue weighted by atomic mass is 9.98. The van der Waals surface area contributed by atoms with Gasteiger partial charge in [0.1, 0.15) is 11.6 Å². The molecule has 1 aliphatic rings. The van der Waals surface area contributed by atoms with E-state index in [9.17, 15) is 4.39 Å². The van der Waals surface area contributed by atoms with Crippen molar-refractivity contribution in [1.29, 1.82) is 0 Å². The summed E-state index contributed by atoms with van der Waals surface area (Å²) < 4.78 is 19.0. The molecule has 114 valence electrons. The molecular weight excluding hydrogens is 279 g/mol. The smallest absolute Gasteiger partial charge is 0.123 e. The lowest BCUT2D eigenvalue weighted by Gasteiger charge is -2.35. The number of hydrogen-bond acceptors (Lipinski definition) is 3. The first-order valence-corrected chi connectivity index (χ1v) is 7.04. The maximum absolute atomic E-state index is 13.6. The monoisotopic (exact) mass is 302 g/mol. The zero-order chi connectivity index (χ0) is 13.7. The normalized spacial score (nSPS) is 17.4. The van der Waals surface area contributed by atoms with Crippen molar-refractivity contribution in [2.75, 3.05) is 33.3 Å². The van der Waals surface area contributed by atoms with Crippen LogP contribution in [0.2, 0.25) is 0 Å². The van der Waals surface area contributed by atoms with Crippen LogP contribution in [0.1, 0.15) is 31.4 Å². The third-order valence-electron chi connectivity index (χ3n) is 3.71. The molecule has 0 bridgehead atoms. The van der Waals surface area contributed by atoms with E-state index >= 15 is 0 Å². The van der Waals surface area contributed by atoms with Gasteiger partial charge in [-0.3, -0.25) is 4.90 Å². The van der Waals surface area contributed by atoms with Gasteiger partial charge in [0.15, 0.2) is 0 Å². The minimum atomic E-state index is -0.188. The summed E-state index contributed by atoms with van der Waals surface area (Å²) in [6.07, 6.45) is 2.11. The molecule has 2 rings (SSSR count). The summed E-state index contributed by atoms with van der Waals surface area (Å²) in [5.41, 5.74) is 0.978. The van der Waals surface area contributed by atoms with Gasteiger partial charge in [-0.1, -0.05) is 13.3 Å². The zero-order valence-electron chi connectivity index (χ0n) is 12.2. The van der Waals surface area contributed by atoms with Crippen LogP contribution in [0, 0.1) is 5.82 Å². The highest BCUT2D eigenvalue weighted by Crippen LogP contribution is 2.33. The van der Waals surface area contributed by atoms with E-state index in [2.05, 4.69) is 17.1 Å². The molecular formula is C15H24ClFN2O. The van der Waals surface area contributed by atoms with Crippen LogP contribution in [-0.4, -0.2) is 38.2 Å². The van der Waals surface area contributed by atoms with Gasteiger partial charge in [-0.15, -0.1) is 12.4 Å². The number of halogens is 2. The van der Waals surface area contributed by atoms with Crippen molar-refractivity contribution in [3.63, 3.8) is 0 Å². The molecule has 0 amide bonds. The van der Waals surface area contributed by atoms with E-state index in [1.54, 1.807) is 19.2 Å². The van der Waals surface area contributed by atoms with Crippen molar-refractivity contribution >= 4 is 12.4 Å². The lowest BCUT2D eigenvalue weighted by Crippen LogP contribution is -2.45. The van der Waals surface area contributed by atoms with Crippen LogP contribution in [0.25, 0.3) is 0 Å². The van der Waals surface area contributed by atoms with Gasteiger partial charge in [-0.05, 0) is 24.6 Å². The van der Waals surface area contributed by atoms with Gasteiger partial charge >= 0.3 is 0 Å². The molecule has 0 spiro atoms. The Morgan fingerprint density at radius 2 is 2.05 bits per heavy atom. The summed E-state index contributed by atoms with van der Waals surface area (Å²) in [6.45, 7) is 6.17. The van der Waals surface area contributed by atoms with E-state index in [0.29, 0.717) is 0 Å². The Labute approximate surface area is 126 Å². The standard InChI is InChI=1S/C15H23FN2O.ClH/c1-3-4-14(18-9-7-17-8-10-18)13-11-12(16)5-6-15(13)19-2;/h5-6,11,14,17H,3-4,7-10H2,1-2H3;1H/t14-;/m1./s1. The molecule has 0 aliphatic carbocycles. The Hall–Kier alpha value is -0.840. The van der Waals surface area contributed by atoms with Gasteiger partial charge in [0.2, 0.25) is 0 Å². The fourth-order valence-corrected chi connectivity index (χ4v) is 2.77. The number of nitrogens with one attached hydrogen (secondary N) is 1. The molecule has 3 nitrogen and oxygen atoms in total. The third kappa shape index (κ3) is 4.08. The average molecular weight is 303 g/mol. The Balaban J connectivity index is 0.00000200. The number of nitrogens with zero attached hydrogens (tertiary/aromatic N) is 1. The van der Waals surface area contributed by atoms with Crippen LogP contribution in [-0.2, 0) is 0 Å². The van der Waals surface area contributed by atoms with E-state index in [1.807, 2.05) is 0 Å². The molecule has 1 aromatic carbocycles. The first-order chi connectivity index (χ1) is 9.26. The van der Waals surface area contributed by atoms with Gasteiger partial charge in [-0.2, -0.15) is 0 Å². The summed E-state index contributed by atoms with van der Waals surface area (Å²) in [4.78, 5) is 2.43. The predicted octanol–water partition coefficient (Wildman–Crippen LogP) is 3.00. The summed E-state index contributed by atoms with van der Waals surface area (Å²) >= 11 is 0. The second-order valence-corrected chi connectivity index (χ2v) is 4.98. The highest BCUT2D eigenvalue weighted by Gasteiger charge is 2.24. The number of piperazine rings is 1. The fourth-order valence-electron chi connectivity index (χ4n) is 2.77. The molecule has 0 saturated carbocycles. The molecule has 5 heteroatoms. The molecule has 1 N–H and O–H groups in total. The highest BCUT2D eigenvalue weighted by atomic mass is 35.5. The molecule has 1 saturated heterocycles. The molecule has 1 aromatic rings. The van der Waals surface area contributed by atoms with E-state index in [-0.39, 0.29) is 24.3 Å². The summed E-state index contributed by atoms with van der Waals surface area (Å²) in [5.74, 6) is 0.602. The van der Waals surface area contributed by atoms with E-state index in [1.165, 1.54) is 6.07 Å². The quantitative estimate of drug-likeness (QED) is 0.905. The average Bonchev–Trinajstić information content (AvgIpc) is 2.45. The number of ether oxygens (including phenoxy) is 1. The molecule has 20 heavy (non-hydrogen) atoms. The highest BCUT2D eigenvalue weighted by molar-refractivity contribution is 5.85. The number of methoxy groups -OCH3 is 1. The van der Waals surface area contributed by atoms with E-state index in [0.717, 1.165) is 50.3 Å². The molecule has 0 aromatic heterocycles. The minimum Gasteiger partial charge on any atom is -0.496 e. The van der Waals surface area contributed by atoms with Gasteiger partial charge in [0.25, 0.3) is 0 Å². The van der Waals surface area contributed by atoms with E-state index < -0.39 is 0 Å². The maximum Gasteiger partial charge on any atom is 0.123 e. The van der Waals surface area contributed by atoms with Crippen molar-refractivity contribution in [2.45, 2.75) is 25.8 Å². The first kappa shape index (κ1) is 17.2. The van der Waals surface area contributed by atoms with Gasteiger partial charge in [-0.25, -0.2) is 4.39 Å². The summed E-state index contributed by atoms with van der Waals surface area (Å²) in [7, 11) is 1.65. The van der Waals surface area contributed by atoms with E-state index in [4.69, 9.17) is 4.74 Å². The number of hydrogen-bond donors (Lipinski definition) is 1. The Kier molecular flexibility index (Phi) is 7.27. The van der Waals surface area contributed by atoms with Crippen molar-refractivity contribution < 1.29 is 9.13 Å². The Morgan fingerprint density at radius 1 is 1.35 bits per heavy atom. The van der Waals surface area contributed by atoms with Crippen molar-refractivity contribution in [1.82, 2.24) is 10.2 Å². The van der Waals surface area contributed by atoms with Crippen LogP contribution >= 0.6 is 12.4 Å². The summed E-state index contributed by atoms with van der Waals surface area (Å²) in [6, 6.07) is 5.07. The summed E-state index contributed by atoms with van der Waals surface area (Å²) in [5, 5.41) is 3.36. The Bertz CT molecular complexity index is 411. The first-order valence-electron chi connectivity index (χ1n) is 7.04. The lowest BCUT2D eigenvalue weighted by molar-refractivity contribution is 0.161. The molecule has 0 radical (unpaired) electrons. The second-order valence-electron chi connectivity index (χ2n) is 4.98. The van der Waals surface area contributed by atoms with Crippen LogP contribution in [0.3, 0.4) is 0 Å². The van der Waals surface area contributed by atoms with Crippen molar-refractivity contribution in [2.24, 2.45) is 0 Å². The Morgan fingerprint density at radius 3 is 2.65 bits per heavy atom. The van der Waals surface area contributed by atoms with Crippen LogP contribution in [0.5, 0.6) is 5.75 Å². The van der Waals surface area contributed by atoms with Gasteiger partial charge in [0, 0.05) is 37.8 Å². The SMILES string of the molecule is CCC[C@H](c1cc(F)ccc1OC)N1CCNCC1.Cl. The maximum atomic E-state index is 13.6. The molecule has 1 fully saturated rings. The fraction of sp³-hybridized carbons (Fsp3) is 0.600. The van der Waals surface area contributed by atoms with Crippen LogP contribution < -0.4 is 10.1 Å². The van der Waals surface area contributed by atoms with Crippen LogP contribution in [0.4, 0.5) is 4.39 Å². The zero-order valence-corrected chi connectivity index (χ0v) is 13.0. The number of benzene rings is 1. The largest absolute Gasteiger partial charge is 0.496 e. The van der Waals surface area contributed by atoms with Crippen LogP contribution in [0.15, 0.2) is 18.2 Å². The topological polar surface area (TPSA) is 24.5 Å². The molecule has 0 unspecified atom stereocenters. The number of rotatable bonds is 5.